The van der Waals surface area contributed by atoms with Crippen molar-refractivity contribution in [2.24, 2.45) is 5.92 Å². The number of hydrogen-bond donors (Lipinski definition) is 1. The molecular weight excluding hydrogens is 554 g/mol. The second-order valence-electron chi connectivity index (χ2n) is 9.53. The van der Waals surface area contributed by atoms with Crippen molar-refractivity contribution in [1.29, 1.82) is 0 Å². The molecule has 3 atom stereocenters. The van der Waals surface area contributed by atoms with Gasteiger partial charge in [0, 0.05) is 27.1 Å². The summed E-state index contributed by atoms with van der Waals surface area (Å²) in [4.78, 5) is 39.4. The maximum absolute atomic E-state index is 13.6. The Morgan fingerprint density at radius 2 is 1.84 bits per heavy atom. The van der Waals surface area contributed by atoms with Crippen molar-refractivity contribution in [1.82, 2.24) is 4.90 Å². The maximum atomic E-state index is 13.6. The van der Waals surface area contributed by atoms with Crippen LogP contribution in [0.15, 0.2) is 15.0 Å². The quantitative estimate of drug-likeness (QED) is 0.239. The molecule has 1 fully saturated rings. The number of aliphatic hydroxyl groups is 1. The van der Waals surface area contributed by atoms with Gasteiger partial charge in [-0.15, -0.1) is 0 Å². The molecular formula is C25H38BrNO10. The third-order valence-corrected chi connectivity index (χ3v) is 6.50. The largest absolute Gasteiger partial charge is 0.461 e. The number of aryl methyl sites for hydroxylation is 1. The lowest BCUT2D eigenvalue weighted by Crippen LogP contribution is -2.52. The summed E-state index contributed by atoms with van der Waals surface area (Å²) < 4.78 is 33.7. The summed E-state index contributed by atoms with van der Waals surface area (Å²) in [6, 6.07) is 1.08. The Kier molecular flexibility index (Phi) is 12.0. The van der Waals surface area contributed by atoms with Gasteiger partial charge >= 0.3 is 12.1 Å². The molecule has 0 aromatic carbocycles. The van der Waals surface area contributed by atoms with E-state index < -0.39 is 41.8 Å². The molecule has 0 unspecified atom stereocenters. The number of furan rings is 1. The fraction of sp³-hybridized carbons (Fsp3) is 0.720. The number of carbonyl (C=O) groups is 3. The van der Waals surface area contributed by atoms with Crippen LogP contribution >= 0.6 is 15.9 Å². The van der Waals surface area contributed by atoms with Gasteiger partial charge < -0.3 is 33.2 Å². The third-order valence-electron chi connectivity index (χ3n) is 5.83. The first-order valence-corrected chi connectivity index (χ1v) is 13.0. The monoisotopic (exact) mass is 591 g/mol. The molecule has 2 amide bonds. The van der Waals surface area contributed by atoms with Crippen LogP contribution in [0.4, 0.5) is 4.79 Å². The Balaban J connectivity index is 2.18. The number of esters is 1. The Bertz CT molecular complexity index is 915. The molecule has 12 heteroatoms. The average Bonchev–Trinajstić information content (AvgIpc) is 3.29. The van der Waals surface area contributed by atoms with Gasteiger partial charge in [-0.2, -0.15) is 0 Å². The van der Waals surface area contributed by atoms with E-state index in [-0.39, 0.29) is 24.9 Å². The number of rotatable bonds is 15. The van der Waals surface area contributed by atoms with E-state index in [9.17, 15) is 14.4 Å². The minimum absolute atomic E-state index is 0.0306. The number of methoxy groups -OCH3 is 1. The predicted octanol–water partition coefficient (Wildman–Crippen LogP) is 3.40. The molecule has 11 nitrogen and oxygen atoms in total. The van der Waals surface area contributed by atoms with Crippen LogP contribution in [0.25, 0.3) is 0 Å². The highest BCUT2D eigenvalue weighted by atomic mass is 79.9. The number of aliphatic hydroxyl groups excluding tert-OH is 1. The van der Waals surface area contributed by atoms with Gasteiger partial charge in [0.2, 0.25) is 0 Å². The fourth-order valence-electron chi connectivity index (χ4n) is 4.48. The summed E-state index contributed by atoms with van der Waals surface area (Å²) in [6.45, 7) is 9.99. The molecule has 0 spiro atoms. The number of carbonyl (C=O) groups excluding carboxylic acids is 3. The van der Waals surface area contributed by atoms with E-state index in [1.54, 1.807) is 19.9 Å². The number of ether oxygens (including phenoxy) is 5. The highest BCUT2D eigenvalue weighted by Gasteiger charge is 2.54. The number of halogens is 1. The zero-order valence-corrected chi connectivity index (χ0v) is 23.9. The molecule has 0 radical (unpaired) electrons. The molecule has 1 N–H and O–H groups in total. The molecule has 0 saturated carbocycles. The first-order chi connectivity index (χ1) is 17.4. The SMILES string of the molecule is CO[C@@H](C(=O)N1C(=O)OC(C)(C)[C@H]1C(C)C)[C@@H](OC(C)=O)c1cc(Br)c(CCCOCCOCCO)o1. The lowest BCUT2D eigenvalue weighted by atomic mass is 9.88. The van der Waals surface area contributed by atoms with E-state index in [2.05, 4.69) is 15.9 Å². The minimum atomic E-state index is -1.35. The first-order valence-electron chi connectivity index (χ1n) is 12.2. The predicted molar refractivity (Wildman–Crippen MR) is 135 cm³/mol. The second-order valence-corrected chi connectivity index (χ2v) is 10.4. The van der Waals surface area contributed by atoms with Crippen molar-refractivity contribution in [3.63, 3.8) is 0 Å². The van der Waals surface area contributed by atoms with Crippen LogP contribution in [0, 0.1) is 5.92 Å². The number of imide groups is 1. The highest BCUT2D eigenvalue weighted by molar-refractivity contribution is 9.10. The molecule has 1 aliphatic heterocycles. The zero-order valence-electron chi connectivity index (χ0n) is 22.3. The minimum Gasteiger partial charge on any atom is -0.461 e. The zero-order chi connectivity index (χ0) is 27.8. The Morgan fingerprint density at radius 3 is 2.41 bits per heavy atom. The van der Waals surface area contributed by atoms with E-state index in [4.69, 9.17) is 33.2 Å². The van der Waals surface area contributed by atoms with Crippen LogP contribution in [0.1, 0.15) is 58.7 Å². The molecule has 210 valence electrons. The van der Waals surface area contributed by atoms with Gasteiger partial charge in [0.25, 0.3) is 5.91 Å². The number of amides is 2. The average molecular weight is 592 g/mol. The van der Waals surface area contributed by atoms with Crippen molar-refractivity contribution in [3.05, 3.63) is 22.1 Å². The van der Waals surface area contributed by atoms with Gasteiger partial charge in [0.1, 0.15) is 17.1 Å². The molecule has 2 rings (SSSR count). The Hall–Kier alpha value is -1.99. The van der Waals surface area contributed by atoms with Crippen LogP contribution in [0.2, 0.25) is 0 Å². The van der Waals surface area contributed by atoms with E-state index >= 15 is 0 Å². The molecule has 1 aromatic heterocycles. The number of cyclic esters (lactones) is 1. The molecule has 1 aliphatic rings. The van der Waals surface area contributed by atoms with Crippen LogP contribution in [-0.4, -0.2) is 85.9 Å². The van der Waals surface area contributed by atoms with Crippen molar-refractivity contribution in [3.8, 4) is 0 Å². The van der Waals surface area contributed by atoms with E-state index in [0.29, 0.717) is 42.9 Å². The van der Waals surface area contributed by atoms with Crippen molar-refractivity contribution in [2.45, 2.75) is 71.3 Å². The van der Waals surface area contributed by atoms with Crippen molar-refractivity contribution < 1.29 is 47.6 Å². The topological polar surface area (TPSA) is 134 Å². The van der Waals surface area contributed by atoms with Crippen LogP contribution in [0.5, 0.6) is 0 Å². The lowest BCUT2D eigenvalue weighted by Gasteiger charge is -2.33. The number of nitrogens with zero attached hydrogens (tertiary/aromatic N) is 1. The Labute approximate surface area is 225 Å². The molecule has 2 heterocycles. The Morgan fingerprint density at radius 1 is 1.19 bits per heavy atom. The summed E-state index contributed by atoms with van der Waals surface area (Å²) in [5, 5.41) is 8.69. The molecule has 1 saturated heterocycles. The van der Waals surface area contributed by atoms with Gasteiger partial charge in [0.05, 0.1) is 36.9 Å². The van der Waals surface area contributed by atoms with Crippen molar-refractivity contribution >= 4 is 33.9 Å². The molecule has 0 bridgehead atoms. The maximum Gasteiger partial charge on any atom is 0.417 e. The van der Waals surface area contributed by atoms with Gasteiger partial charge in [-0.05, 0) is 48.2 Å². The number of hydrogen-bond acceptors (Lipinski definition) is 10. The summed E-state index contributed by atoms with van der Waals surface area (Å²) >= 11 is 3.46. The van der Waals surface area contributed by atoms with Crippen LogP contribution in [-0.2, 0) is 39.7 Å². The van der Waals surface area contributed by atoms with Gasteiger partial charge in [0.15, 0.2) is 12.2 Å². The lowest BCUT2D eigenvalue weighted by molar-refractivity contribution is -0.165. The van der Waals surface area contributed by atoms with Gasteiger partial charge in [-0.1, -0.05) is 13.8 Å². The normalized spacial score (nSPS) is 18.7. The molecule has 1 aromatic rings. The summed E-state index contributed by atoms with van der Waals surface area (Å²) in [5.41, 5.74) is -0.899. The second kappa shape index (κ2) is 14.2. The summed E-state index contributed by atoms with van der Waals surface area (Å²) in [5.74, 6) is -0.646. The van der Waals surface area contributed by atoms with Gasteiger partial charge in [-0.25, -0.2) is 9.69 Å². The molecule has 0 aliphatic carbocycles. The van der Waals surface area contributed by atoms with Crippen LogP contribution < -0.4 is 0 Å². The summed E-state index contributed by atoms with van der Waals surface area (Å²) in [7, 11) is 1.30. The highest BCUT2D eigenvalue weighted by Crippen LogP contribution is 2.37. The third kappa shape index (κ3) is 8.25. The van der Waals surface area contributed by atoms with Crippen molar-refractivity contribution in [2.75, 3.05) is 40.1 Å². The first kappa shape index (κ1) is 31.2. The smallest absolute Gasteiger partial charge is 0.417 e. The van der Waals surface area contributed by atoms with Crippen LogP contribution in [0.3, 0.4) is 0 Å². The van der Waals surface area contributed by atoms with Gasteiger partial charge in [-0.3, -0.25) is 9.59 Å². The van der Waals surface area contributed by atoms with E-state index in [1.165, 1.54) is 14.0 Å². The standard InChI is InChI=1S/C25H38BrNO10/c1-15(2)22-25(4,5)37-24(31)27(22)23(30)21(32-6)20(35-16(3)29)19-14-17(26)18(36-19)8-7-10-33-12-13-34-11-9-28/h14-15,20-22,28H,7-13H2,1-6H3/t20-,21+,22+/m0/s1. The summed E-state index contributed by atoms with van der Waals surface area (Å²) in [6.07, 6.45) is -2.20. The molecule has 37 heavy (non-hydrogen) atoms. The van der Waals surface area contributed by atoms with E-state index in [0.717, 1.165) is 4.90 Å². The fourth-order valence-corrected chi connectivity index (χ4v) is 4.99. The van der Waals surface area contributed by atoms with E-state index in [1.807, 2.05) is 13.8 Å².